The molecule has 1 aliphatic heterocycles. The second-order valence-corrected chi connectivity index (χ2v) is 6.02. The van der Waals surface area contributed by atoms with Gasteiger partial charge < -0.3 is 10.2 Å². The van der Waals surface area contributed by atoms with Crippen LogP contribution in [0, 0.1) is 19.8 Å². The van der Waals surface area contributed by atoms with E-state index in [1.165, 1.54) is 0 Å². The molecular weight excluding hydrogens is 288 g/mol. The second-order valence-electron chi connectivity index (χ2n) is 5.61. The second kappa shape index (κ2) is 6.48. The fraction of sp³-hybridized carbons (Fsp3) is 0.500. The lowest BCUT2D eigenvalue weighted by molar-refractivity contribution is -0.126. The van der Waals surface area contributed by atoms with Crippen LogP contribution in [-0.2, 0) is 9.59 Å². The summed E-state index contributed by atoms with van der Waals surface area (Å²) in [5, 5.41) is 3.42. The molecule has 2 rings (SSSR count). The summed E-state index contributed by atoms with van der Waals surface area (Å²) in [5.74, 6) is -0.380. The Morgan fingerprint density at radius 1 is 1.43 bits per heavy atom. The van der Waals surface area contributed by atoms with E-state index in [9.17, 15) is 9.59 Å². The van der Waals surface area contributed by atoms with Crippen LogP contribution < -0.4 is 10.2 Å². The van der Waals surface area contributed by atoms with Crippen LogP contribution in [0.4, 0.5) is 5.69 Å². The van der Waals surface area contributed by atoms with Crippen molar-refractivity contribution < 1.29 is 9.59 Å². The third kappa shape index (κ3) is 3.38. The Morgan fingerprint density at radius 2 is 2.14 bits per heavy atom. The Balaban J connectivity index is 2.19. The van der Waals surface area contributed by atoms with E-state index in [0.29, 0.717) is 18.1 Å². The molecule has 1 aromatic rings. The average Bonchev–Trinajstić information content (AvgIpc) is 2.77. The van der Waals surface area contributed by atoms with Gasteiger partial charge in [0.25, 0.3) is 0 Å². The molecule has 1 heterocycles. The van der Waals surface area contributed by atoms with E-state index >= 15 is 0 Å². The van der Waals surface area contributed by atoms with E-state index in [4.69, 9.17) is 11.6 Å². The molecule has 1 N–H and O–H groups in total. The summed E-state index contributed by atoms with van der Waals surface area (Å²) >= 11 is 6.30. The zero-order chi connectivity index (χ0) is 15.6. The van der Waals surface area contributed by atoms with Gasteiger partial charge in [0.2, 0.25) is 11.8 Å². The quantitative estimate of drug-likeness (QED) is 0.930. The summed E-state index contributed by atoms with van der Waals surface area (Å²) in [4.78, 5) is 25.9. The van der Waals surface area contributed by atoms with E-state index in [1.807, 2.05) is 32.9 Å². The van der Waals surface area contributed by atoms with Gasteiger partial charge in [-0.25, -0.2) is 0 Å². The number of halogens is 1. The molecule has 1 aromatic carbocycles. The molecular formula is C16H21ClN2O2. The number of nitrogens with zero attached hydrogens (tertiary/aromatic N) is 1. The average molecular weight is 309 g/mol. The number of carbonyl (C=O) groups excluding carboxylic acids is 2. The van der Waals surface area contributed by atoms with Gasteiger partial charge in [0.1, 0.15) is 0 Å². The lowest BCUT2D eigenvalue weighted by Gasteiger charge is -2.21. The minimum absolute atomic E-state index is 0.0412. The number of benzene rings is 1. The molecule has 114 valence electrons. The predicted molar refractivity (Wildman–Crippen MR) is 84.7 cm³/mol. The number of rotatable bonds is 4. The molecule has 0 aliphatic carbocycles. The summed E-state index contributed by atoms with van der Waals surface area (Å²) in [7, 11) is 0. The van der Waals surface area contributed by atoms with E-state index in [1.54, 1.807) is 4.90 Å². The molecule has 4 nitrogen and oxygen atoms in total. The normalized spacial score (nSPS) is 18.2. The molecule has 0 saturated carbocycles. The summed E-state index contributed by atoms with van der Waals surface area (Å²) in [6, 6.07) is 3.85. The Hall–Kier alpha value is -1.55. The lowest BCUT2D eigenvalue weighted by atomic mass is 10.1. The van der Waals surface area contributed by atoms with Gasteiger partial charge in [-0.2, -0.15) is 0 Å². The first kappa shape index (κ1) is 15.8. The van der Waals surface area contributed by atoms with Crippen LogP contribution in [0.1, 0.15) is 30.9 Å². The SMILES string of the molecule is CCCNC(=O)C1CC(=O)N(c2c(C)cc(C)cc2Cl)C1. The van der Waals surface area contributed by atoms with Crippen molar-refractivity contribution >= 4 is 29.1 Å². The van der Waals surface area contributed by atoms with Crippen molar-refractivity contribution in [2.45, 2.75) is 33.6 Å². The number of aryl methyl sites for hydroxylation is 2. The maximum absolute atomic E-state index is 12.2. The Morgan fingerprint density at radius 3 is 2.76 bits per heavy atom. The standard InChI is InChI=1S/C16H21ClN2O2/c1-4-5-18-16(21)12-8-14(20)19(9-12)15-11(3)6-10(2)7-13(15)17/h6-7,12H,4-5,8-9H2,1-3H3,(H,18,21). The lowest BCUT2D eigenvalue weighted by Crippen LogP contribution is -2.33. The van der Waals surface area contributed by atoms with Crippen molar-refractivity contribution in [3.63, 3.8) is 0 Å². The third-order valence-electron chi connectivity index (χ3n) is 3.71. The summed E-state index contributed by atoms with van der Waals surface area (Å²) in [5.41, 5.74) is 2.76. The van der Waals surface area contributed by atoms with Crippen molar-refractivity contribution in [3.05, 3.63) is 28.3 Å². The molecule has 0 bridgehead atoms. The van der Waals surface area contributed by atoms with Crippen LogP contribution in [0.3, 0.4) is 0 Å². The van der Waals surface area contributed by atoms with Crippen molar-refractivity contribution in [1.29, 1.82) is 0 Å². The highest BCUT2D eigenvalue weighted by Gasteiger charge is 2.36. The number of carbonyl (C=O) groups is 2. The fourth-order valence-electron chi connectivity index (χ4n) is 2.74. The van der Waals surface area contributed by atoms with Crippen molar-refractivity contribution in [1.82, 2.24) is 5.32 Å². The summed E-state index contributed by atoms with van der Waals surface area (Å²) < 4.78 is 0. The first-order chi connectivity index (χ1) is 9.93. The van der Waals surface area contributed by atoms with Gasteiger partial charge in [0.05, 0.1) is 16.6 Å². The molecule has 0 radical (unpaired) electrons. The number of hydrogen-bond acceptors (Lipinski definition) is 2. The molecule has 5 heteroatoms. The van der Waals surface area contributed by atoms with Gasteiger partial charge in [0, 0.05) is 19.5 Å². The molecule has 2 amide bonds. The largest absolute Gasteiger partial charge is 0.356 e. The van der Waals surface area contributed by atoms with Crippen LogP contribution in [0.5, 0.6) is 0 Å². The predicted octanol–water partition coefficient (Wildman–Crippen LogP) is 2.84. The fourth-order valence-corrected chi connectivity index (χ4v) is 3.16. The minimum Gasteiger partial charge on any atom is -0.356 e. The Labute approximate surface area is 130 Å². The zero-order valence-electron chi connectivity index (χ0n) is 12.7. The Bertz CT molecular complexity index is 548. The van der Waals surface area contributed by atoms with Crippen molar-refractivity contribution in [2.24, 2.45) is 5.92 Å². The van der Waals surface area contributed by atoms with Crippen LogP contribution in [-0.4, -0.2) is 24.9 Å². The topological polar surface area (TPSA) is 49.4 Å². The maximum Gasteiger partial charge on any atom is 0.227 e. The summed E-state index contributed by atoms with van der Waals surface area (Å²) in [6.45, 7) is 6.95. The molecule has 0 aromatic heterocycles. The minimum atomic E-state index is -0.291. The molecule has 0 spiro atoms. The highest BCUT2D eigenvalue weighted by molar-refractivity contribution is 6.34. The molecule has 1 saturated heterocycles. The molecule has 1 unspecified atom stereocenters. The number of nitrogens with one attached hydrogen (secondary N) is 1. The number of anilines is 1. The van der Waals surface area contributed by atoms with E-state index in [0.717, 1.165) is 23.2 Å². The van der Waals surface area contributed by atoms with Gasteiger partial charge in [-0.15, -0.1) is 0 Å². The van der Waals surface area contributed by atoms with Gasteiger partial charge in [-0.05, 0) is 37.5 Å². The smallest absolute Gasteiger partial charge is 0.227 e. The van der Waals surface area contributed by atoms with Gasteiger partial charge in [-0.1, -0.05) is 24.6 Å². The van der Waals surface area contributed by atoms with Crippen LogP contribution in [0.15, 0.2) is 12.1 Å². The van der Waals surface area contributed by atoms with E-state index in [-0.39, 0.29) is 24.2 Å². The van der Waals surface area contributed by atoms with Crippen LogP contribution >= 0.6 is 11.6 Å². The maximum atomic E-state index is 12.2. The van der Waals surface area contributed by atoms with Crippen LogP contribution in [0.25, 0.3) is 0 Å². The molecule has 1 atom stereocenters. The van der Waals surface area contributed by atoms with Crippen molar-refractivity contribution in [3.8, 4) is 0 Å². The van der Waals surface area contributed by atoms with Crippen LogP contribution in [0.2, 0.25) is 5.02 Å². The van der Waals surface area contributed by atoms with Crippen molar-refractivity contribution in [2.75, 3.05) is 18.0 Å². The highest BCUT2D eigenvalue weighted by atomic mass is 35.5. The molecule has 21 heavy (non-hydrogen) atoms. The van der Waals surface area contributed by atoms with E-state index in [2.05, 4.69) is 5.32 Å². The highest BCUT2D eigenvalue weighted by Crippen LogP contribution is 2.35. The van der Waals surface area contributed by atoms with E-state index < -0.39 is 0 Å². The first-order valence-corrected chi connectivity index (χ1v) is 7.66. The van der Waals surface area contributed by atoms with Gasteiger partial charge in [0.15, 0.2) is 0 Å². The Kier molecular flexibility index (Phi) is 4.88. The molecule has 1 fully saturated rings. The van der Waals surface area contributed by atoms with Gasteiger partial charge in [-0.3, -0.25) is 9.59 Å². The number of amides is 2. The zero-order valence-corrected chi connectivity index (χ0v) is 13.5. The van der Waals surface area contributed by atoms with Gasteiger partial charge >= 0.3 is 0 Å². The third-order valence-corrected chi connectivity index (χ3v) is 4.00. The summed E-state index contributed by atoms with van der Waals surface area (Å²) in [6.07, 6.45) is 1.14. The number of hydrogen-bond donors (Lipinski definition) is 1. The first-order valence-electron chi connectivity index (χ1n) is 7.28. The monoisotopic (exact) mass is 308 g/mol. The molecule has 1 aliphatic rings.